The highest BCUT2D eigenvalue weighted by atomic mass is 32.2. The summed E-state index contributed by atoms with van der Waals surface area (Å²) < 4.78 is 24.6. The van der Waals surface area contributed by atoms with Gasteiger partial charge >= 0.3 is 6.03 Å². The van der Waals surface area contributed by atoms with Crippen molar-refractivity contribution < 1.29 is 13.2 Å². The summed E-state index contributed by atoms with van der Waals surface area (Å²) in [5.74, 6) is 0.768. The van der Waals surface area contributed by atoms with E-state index in [1.165, 1.54) is 29.8 Å². The van der Waals surface area contributed by atoms with Crippen LogP contribution in [0, 0.1) is 5.92 Å². The van der Waals surface area contributed by atoms with Gasteiger partial charge in [0.25, 0.3) is 0 Å². The fraction of sp³-hybridized carbons (Fsp3) is 0.938. The third kappa shape index (κ3) is 8.55. The summed E-state index contributed by atoms with van der Waals surface area (Å²) in [6.45, 7) is 7.16. The van der Waals surface area contributed by atoms with Crippen LogP contribution in [0.1, 0.15) is 52.4 Å². The van der Waals surface area contributed by atoms with Crippen molar-refractivity contribution in [2.24, 2.45) is 5.92 Å². The van der Waals surface area contributed by atoms with E-state index in [0.29, 0.717) is 39.1 Å². The zero-order chi connectivity index (χ0) is 17.3. The molecule has 136 valence electrons. The van der Waals surface area contributed by atoms with E-state index in [-0.39, 0.29) is 6.03 Å². The van der Waals surface area contributed by atoms with Gasteiger partial charge in [-0.3, -0.25) is 0 Å². The van der Waals surface area contributed by atoms with Crippen LogP contribution in [0.3, 0.4) is 0 Å². The maximum Gasteiger partial charge on any atom is 0.317 e. The first-order valence-corrected chi connectivity index (χ1v) is 10.6. The largest absolute Gasteiger partial charge is 0.338 e. The summed E-state index contributed by atoms with van der Waals surface area (Å²) in [5.41, 5.74) is 0. The summed E-state index contributed by atoms with van der Waals surface area (Å²) in [5, 5.41) is 2.95. The number of rotatable bonds is 8. The molecule has 0 atom stereocenters. The van der Waals surface area contributed by atoms with E-state index in [0.717, 1.165) is 18.8 Å². The highest BCUT2D eigenvalue weighted by Crippen LogP contribution is 2.09. The number of carbonyl (C=O) groups is 1. The van der Waals surface area contributed by atoms with Gasteiger partial charge in [-0.25, -0.2) is 17.5 Å². The molecule has 1 aliphatic rings. The first-order valence-electron chi connectivity index (χ1n) is 8.78. The molecule has 23 heavy (non-hydrogen) atoms. The summed E-state index contributed by atoms with van der Waals surface area (Å²) in [6.07, 6.45) is 7.83. The Hall–Kier alpha value is -0.820. The molecule has 0 aromatic heterocycles. The van der Waals surface area contributed by atoms with Crippen LogP contribution >= 0.6 is 0 Å². The molecule has 1 N–H and O–H groups in total. The van der Waals surface area contributed by atoms with Crippen LogP contribution in [0.25, 0.3) is 0 Å². The lowest BCUT2D eigenvalue weighted by Crippen LogP contribution is -2.42. The highest BCUT2D eigenvalue weighted by molar-refractivity contribution is 7.88. The normalized spacial score (nSPS) is 17.3. The number of hydrogen-bond donors (Lipinski definition) is 1. The van der Waals surface area contributed by atoms with E-state index >= 15 is 0 Å². The number of carbonyl (C=O) groups excluding carboxylic acids is 1. The summed E-state index contributed by atoms with van der Waals surface area (Å²) in [7, 11) is -3.16. The average molecular weight is 348 g/mol. The lowest BCUT2D eigenvalue weighted by atomic mass is 10.0. The van der Waals surface area contributed by atoms with Gasteiger partial charge in [-0.2, -0.15) is 0 Å². The Bertz CT molecular complexity index is 451. The van der Waals surface area contributed by atoms with E-state index in [2.05, 4.69) is 19.2 Å². The third-order valence-corrected chi connectivity index (χ3v) is 5.50. The fourth-order valence-electron chi connectivity index (χ4n) is 2.77. The number of unbranched alkanes of at least 4 members (excludes halogenated alkanes) is 3. The molecule has 0 aromatic carbocycles. The minimum atomic E-state index is -3.16. The van der Waals surface area contributed by atoms with Gasteiger partial charge in [0.15, 0.2) is 0 Å². The second kappa shape index (κ2) is 10.1. The minimum Gasteiger partial charge on any atom is -0.338 e. The number of amides is 2. The SMILES string of the molecule is CC(C)CCCCCCNC(=O)N1CCCN(S(C)(=O)=O)CC1. The van der Waals surface area contributed by atoms with Crippen molar-refractivity contribution in [3.63, 3.8) is 0 Å². The maximum atomic E-state index is 12.1. The molecule has 0 aliphatic carbocycles. The maximum absolute atomic E-state index is 12.1. The van der Waals surface area contributed by atoms with Crippen molar-refractivity contribution in [1.82, 2.24) is 14.5 Å². The lowest BCUT2D eigenvalue weighted by molar-refractivity contribution is 0.200. The standard InChI is InChI=1S/C16H33N3O3S/c1-15(2)9-6-4-5-7-10-17-16(20)18-11-8-12-19(14-13-18)23(3,21)22/h15H,4-14H2,1-3H3,(H,17,20). The molecular formula is C16H33N3O3S. The topological polar surface area (TPSA) is 69.7 Å². The van der Waals surface area contributed by atoms with Crippen molar-refractivity contribution >= 4 is 16.1 Å². The van der Waals surface area contributed by atoms with Crippen molar-refractivity contribution in [3.05, 3.63) is 0 Å². The third-order valence-electron chi connectivity index (χ3n) is 4.20. The molecule has 1 heterocycles. The minimum absolute atomic E-state index is 0.0671. The van der Waals surface area contributed by atoms with Crippen molar-refractivity contribution in [2.75, 3.05) is 39.0 Å². The molecule has 2 amide bonds. The second-order valence-electron chi connectivity index (χ2n) is 6.83. The zero-order valence-corrected chi connectivity index (χ0v) is 15.7. The molecule has 0 radical (unpaired) electrons. The molecule has 7 heteroatoms. The Balaban J connectivity index is 2.18. The first-order chi connectivity index (χ1) is 10.8. The molecule has 1 rings (SSSR count). The van der Waals surface area contributed by atoms with Crippen molar-refractivity contribution in [1.29, 1.82) is 0 Å². The van der Waals surface area contributed by atoms with Crippen LogP contribution in [0.15, 0.2) is 0 Å². The molecule has 1 saturated heterocycles. The molecule has 6 nitrogen and oxygen atoms in total. The Morgan fingerprint density at radius 1 is 1.04 bits per heavy atom. The quantitative estimate of drug-likeness (QED) is 0.685. The Morgan fingerprint density at radius 3 is 2.39 bits per heavy atom. The second-order valence-corrected chi connectivity index (χ2v) is 8.81. The molecule has 0 aromatic rings. The van der Waals surface area contributed by atoms with Gasteiger partial charge in [0.1, 0.15) is 0 Å². The Labute approximate surface area is 141 Å². The molecule has 0 unspecified atom stereocenters. The van der Waals surface area contributed by atoms with Gasteiger partial charge in [-0.15, -0.1) is 0 Å². The summed E-state index contributed by atoms with van der Waals surface area (Å²) in [4.78, 5) is 13.9. The average Bonchev–Trinajstić information content (AvgIpc) is 2.71. The lowest BCUT2D eigenvalue weighted by Gasteiger charge is -2.21. The van der Waals surface area contributed by atoms with Crippen LogP contribution in [-0.4, -0.2) is 62.6 Å². The van der Waals surface area contributed by atoms with Crippen LogP contribution < -0.4 is 5.32 Å². The summed E-state index contributed by atoms with van der Waals surface area (Å²) in [6, 6.07) is -0.0671. The van der Waals surface area contributed by atoms with Crippen molar-refractivity contribution in [3.8, 4) is 0 Å². The smallest absolute Gasteiger partial charge is 0.317 e. The van der Waals surface area contributed by atoms with Crippen LogP contribution in [0.5, 0.6) is 0 Å². The monoisotopic (exact) mass is 347 g/mol. The van der Waals surface area contributed by atoms with E-state index < -0.39 is 10.0 Å². The number of urea groups is 1. The van der Waals surface area contributed by atoms with E-state index in [4.69, 9.17) is 0 Å². The Kier molecular flexibility index (Phi) is 8.91. The van der Waals surface area contributed by atoms with E-state index in [1.807, 2.05) is 0 Å². The van der Waals surface area contributed by atoms with Gasteiger partial charge in [0.2, 0.25) is 10.0 Å². The molecule has 0 saturated carbocycles. The van der Waals surface area contributed by atoms with E-state index in [1.54, 1.807) is 4.90 Å². The zero-order valence-electron chi connectivity index (χ0n) is 14.9. The summed E-state index contributed by atoms with van der Waals surface area (Å²) >= 11 is 0. The number of nitrogens with zero attached hydrogens (tertiary/aromatic N) is 2. The van der Waals surface area contributed by atoms with Gasteiger partial charge < -0.3 is 10.2 Å². The highest BCUT2D eigenvalue weighted by Gasteiger charge is 2.23. The molecule has 1 fully saturated rings. The van der Waals surface area contributed by atoms with Gasteiger partial charge in [0.05, 0.1) is 6.26 Å². The van der Waals surface area contributed by atoms with Gasteiger partial charge in [0, 0.05) is 32.7 Å². The van der Waals surface area contributed by atoms with Gasteiger partial charge in [-0.05, 0) is 18.8 Å². The first kappa shape index (κ1) is 20.2. The molecule has 0 spiro atoms. The van der Waals surface area contributed by atoms with E-state index in [9.17, 15) is 13.2 Å². The number of sulfonamides is 1. The molecule has 0 bridgehead atoms. The van der Waals surface area contributed by atoms with Crippen LogP contribution in [0.2, 0.25) is 0 Å². The van der Waals surface area contributed by atoms with Gasteiger partial charge in [-0.1, -0.05) is 39.5 Å². The van der Waals surface area contributed by atoms with Crippen LogP contribution in [-0.2, 0) is 10.0 Å². The molecular weight excluding hydrogens is 314 g/mol. The number of nitrogens with one attached hydrogen (secondary N) is 1. The molecule has 1 aliphatic heterocycles. The fourth-order valence-corrected chi connectivity index (χ4v) is 3.64. The Morgan fingerprint density at radius 2 is 1.74 bits per heavy atom. The van der Waals surface area contributed by atoms with Crippen LogP contribution in [0.4, 0.5) is 4.79 Å². The van der Waals surface area contributed by atoms with Crippen molar-refractivity contribution in [2.45, 2.75) is 52.4 Å². The predicted octanol–water partition coefficient (Wildman–Crippen LogP) is 2.27. The predicted molar refractivity (Wildman–Crippen MR) is 93.9 cm³/mol. The number of hydrogen-bond acceptors (Lipinski definition) is 3.